The molecule has 0 atom stereocenters. The Bertz CT molecular complexity index is 1340. The maximum atomic E-state index is 12.4. The van der Waals surface area contributed by atoms with E-state index < -0.39 is 10.0 Å². The fourth-order valence-electron chi connectivity index (χ4n) is 2.89. The zero-order valence-electron chi connectivity index (χ0n) is 17.4. The van der Waals surface area contributed by atoms with E-state index in [9.17, 15) is 8.42 Å². The van der Waals surface area contributed by atoms with Crippen LogP contribution in [0.5, 0.6) is 11.6 Å². The molecule has 0 saturated heterocycles. The second-order valence-electron chi connectivity index (χ2n) is 7.03. The van der Waals surface area contributed by atoms with Gasteiger partial charge in [0.25, 0.3) is 10.0 Å². The van der Waals surface area contributed by atoms with Crippen molar-refractivity contribution in [3.8, 4) is 17.4 Å². The molecule has 160 valence electrons. The number of aromatic nitrogens is 6. The SMILES string of the molecule is Cc1nn(-c2cc(Oc3ccc(NS(=O)(=O)c4cn(C)cn4)cc3)ncn2)c(C)c1C. The normalized spacial score (nSPS) is 11.5. The lowest BCUT2D eigenvalue weighted by Gasteiger charge is -2.09. The highest BCUT2D eigenvalue weighted by atomic mass is 32.2. The molecule has 0 aliphatic carbocycles. The number of nitrogens with zero attached hydrogens (tertiary/aromatic N) is 6. The Morgan fingerprint density at radius 3 is 2.39 bits per heavy atom. The molecule has 11 heteroatoms. The largest absolute Gasteiger partial charge is 0.439 e. The average Bonchev–Trinajstić information content (AvgIpc) is 3.29. The Kier molecular flexibility index (Phi) is 5.19. The highest BCUT2D eigenvalue weighted by Gasteiger charge is 2.17. The summed E-state index contributed by atoms with van der Waals surface area (Å²) in [7, 11) is -2.06. The molecule has 31 heavy (non-hydrogen) atoms. The lowest BCUT2D eigenvalue weighted by molar-refractivity contribution is 0.460. The molecule has 10 nitrogen and oxygen atoms in total. The average molecular weight is 440 g/mol. The molecule has 1 aromatic carbocycles. The summed E-state index contributed by atoms with van der Waals surface area (Å²) in [4.78, 5) is 12.3. The van der Waals surface area contributed by atoms with E-state index in [0.717, 1.165) is 17.0 Å². The summed E-state index contributed by atoms with van der Waals surface area (Å²) in [6.07, 6.45) is 4.26. The van der Waals surface area contributed by atoms with E-state index in [1.807, 2.05) is 20.8 Å². The maximum absolute atomic E-state index is 12.4. The van der Waals surface area contributed by atoms with Crippen LogP contribution in [0.3, 0.4) is 0 Å². The maximum Gasteiger partial charge on any atom is 0.280 e. The van der Waals surface area contributed by atoms with Gasteiger partial charge in [-0.15, -0.1) is 0 Å². The van der Waals surface area contributed by atoms with E-state index in [2.05, 4.69) is 24.8 Å². The second-order valence-corrected chi connectivity index (χ2v) is 8.66. The predicted molar refractivity (Wildman–Crippen MR) is 114 cm³/mol. The number of aryl methyl sites for hydroxylation is 2. The zero-order valence-corrected chi connectivity index (χ0v) is 18.3. The van der Waals surface area contributed by atoms with Crippen molar-refractivity contribution in [1.82, 2.24) is 29.3 Å². The zero-order chi connectivity index (χ0) is 22.2. The Morgan fingerprint density at radius 1 is 1.03 bits per heavy atom. The summed E-state index contributed by atoms with van der Waals surface area (Å²) in [6, 6.07) is 8.18. The molecule has 0 unspecified atom stereocenters. The minimum absolute atomic E-state index is 0.0526. The van der Waals surface area contributed by atoms with Gasteiger partial charge in [-0.25, -0.2) is 19.6 Å². The number of anilines is 1. The monoisotopic (exact) mass is 439 g/mol. The Morgan fingerprint density at radius 2 is 1.77 bits per heavy atom. The fourth-order valence-corrected chi connectivity index (χ4v) is 3.93. The fraction of sp³-hybridized carbons (Fsp3) is 0.200. The first-order valence-corrected chi connectivity index (χ1v) is 10.9. The van der Waals surface area contributed by atoms with Crippen LogP contribution in [-0.4, -0.2) is 37.7 Å². The van der Waals surface area contributed by atoms with E-state index >= 15 is 0 Å². The van der Waals surface area contributed by atoms with Crippen molar-refractivity contribution in [2.75, 3.05) is 4.72 Å². The summed E-state index contributed by atoms with van der Waals surface area (Å²) in [5.74, 6) is 1.44. The lowest BCUT2D eigenvalue weighted by Crippen LogP contribution is -2.13. The van der Waals surface area contributed by atoms with Gasteiger partial charge in [-0.1, -0.05) is 0 Å². The number of imidazole rings is 1. The molecule has 0 spiro atoms. The Hall–Kier alpha value is -3.73. The van der Waals surface area contributed by atoms with E-state index in [1.165, 1.54) is 18.9 Å². The third-order valence-corrected chi connectivity index (χ3v) is 6.05. The van der Waals surface area contributed by atoms with Gasteiger partial charge in [-0.05, 0) is 50.6 Å². The summed E-state index contributed by atoms with van der Waals surface area (Å²) in [6.45, 7) is 5.93. The summed E-state index contributed by atoms with van der Waals surface area (Å²) in [5, 5.41) is 4.45. The first-order valence-electron chi connectivity index (χ1n) is 9.37. The van der Waals surface area contributed by atoms with Crippen molar-refractivity contribution in [1.29, 1.82) is 0 Å². The van der Waals surface area contributed by atoms with Gasteiger partial charge < -0.3 is 9.30 Å². The molecule has 0 aliphatic heterocycles. The quantitative estimate of drug-likeness (QED) is 0.491. The van der Waals surface area contributed by atoms with E-state index in [4.69, 9.17) is 4.74 Å². The van der Waals surface area contributed by atoms with Gasteiger partial charge >= 0.3 is 0 Å². The van der Waals surface area contributed by atoms with Crippen molar-refractivity contribution in [3.63, 3.8) is 0 Å². The third kappa shape index (κ3) is 4.26. The number of hydrogen-bond acceptors (Lipinski definition) is 7. The number of hydrogen-bond donors (Lipinski definition) is 1. The molecule has 3 heterocycles. The Balaban J connectivity index is 1.50. The summed E-state index contributed by atoms with van der Waals surface area (Å²) < 4.78 is 36.3. The molecule has 0 saturated carbocycles. The predicted octanol–water partition coefficient (Wildman–Crippen LogP) is 2.91. The van der Waals surface area contributed by atoms with Crippen LogP contribution in [0.15, 0.2) is 54.2 Å². The van der Waals surface area contributed by atoms with Gasteiger partial charge in [0.15, 0.2) is 10.8 Å². The molecule has 0 amide bonds. The number of benzene rings is 1. The Labute approximate surface area is 179 Å². The number of ether oxygens (including phenoxy) is 1. The van der Waals surface area contributed by atoms with Crippen LogP contribution in [0.1, 0.15) is 17.0 Å². The van der Waals surface area contributed by atoms with Crippen LogP contribution in [0.25, 0.3) is 5.82 Å². The molecule has 0 radical (unpaired) electrons. The summed E-state index contributed by atoms with van der Waals surface area (Å²) >= 11 is 0. The van der Waals surface area contributed by atoms with E-state index in [0.29, 0.717) is 23.1 Å². The minimum atomic E-state index is -3.76. The lowest BCUT2D eigenvalue weighted by atomic mass is 10.2. The highest BCUT2D eigenvalue weighted by Crippen LogP contribution is 2.24. The molecule has 0 fully saturated rings. The van der Waals surface area contributed by atoms with Crippen molar-refractivity contribution < 1.29 is 13.2 Å². The van der Waals surface area contributed by atoms with Gasteiger partial charge in [-0.3, -0.25) is 4.72 Å². The van der Waals surface area contributed by atoms with Gasteiger partial charge in [0.1, 0.15) is 12.1 Å². The van der Waals surface area contributed by atoms with Crippen molar-refractivity contribution in [2.45, 2.75) is 25.8 Å². The molecule has 3 aromatic heterocycles. The molecular formula is C20H21N7O3S. The van der Waals surface area contributed by atoms with Crippen LogP contribution in [0.4, 0.5) is 5.69 Å². The van der Waals surface area contributed by atoms with Gasteiger partial charge in [-0.2, -0.15) is 13.5 Å². The van der Waals surface area contributed by atoms with Gasteiger partial charge in [0, 0.05) is 30.7 Å². The topological polar surface area (TPSA) is 117 Å². The van der Waals surface area contributed by atoms with E-state index in [-0.39, 0.29) is 5.03 Å². The molecule has 1 N–H and O–H groups in total. The van der Waals surface area contributed by atoms with Crippen molar-refractivity contribution >= 4 is 15.7 Å². The first kappa shape index (κ1) is 20.5. The number of sulfonamides is 1. The van der Waals surface area contributed by atoms with Gasteiger partial charge in [0.05, 0.1) is 12.0 Å². The van der Waals surface area contributed by atoms with Crippen molar-refractivity contribution in [2.24, 2.45) is 7.05 Å². The van der Waals surface area contributed by atoms with Crippen LogP contribution >= 0.6 is 0 Å². The number of rotatable bonds is 6. The van der Waals surface area contributed by atoms with Crippen LogP contribution in [-0.2, 0) is 17.1 Å². The van der Waals surface area contributed by atoms with Crippen LogP contribution in [0, 0.1) is 20.8 Å². The van der Waals surface area contributed by atoms with E-state index in [1.54, 1.807) is 46.6 Å². The standard InChI is InChI=1S/C20H21N7O3S/c1-13-14(2)24-27(15(13)3)18-9-19(22-11-21-18)30-17-7-5-16(6-8-17)25-31(28,29)20-10-26(4)12-23-20/h5-12,25H,1-4H3. The molecule has 0 aliphatic rings. The third-order valence-electron chi connectivity index (χ3n) is 4.78. The van der Waals surface area contributed by atoms with Crippen molar-refractivity contribution in [3.05, 3.63) is 66.1 Å². The number of nitrogens with one attached hydrogen (secondary N) is 1. The first-order chi connectivity index (χ1) is 14.7. The highest BCUT2D eigenvalue weighted by molar-refractivity contribution is 7.92. The molecule has 0 bridgehead atoms. The molecule has 4 rings (SSSR count). The smallest absolute Gasteiger partial charge is 0.280 e. The molecular weight excluding hydrogens is 418 g/mol. The van der Waals surface area contributed by atoms with Crippen LogP contribution in [0.2, 0.25) is 0 Å². The van der Waals surface area contributed by atoms with Crippen LogP contribution < -0.4 is 9.46 Å². The molecule has 4 aromatic rings. The summed E-state index contributed by atoms with van der Waals surface area (Å²) in [5.41, 5.74) is 3.42. The van der Waals surface area contributed by atoms with Gasteiger partial charge in [0.2, 0.25) is 5.88 Å². The second kappa shape index (κ2) is 7.84. The minimum Gasteiger partial charge on any atom is -0.439 e.